The number of nitrogens with one attached hydrogen (secondary N) is 4. The lowest BCUT2D eigenvalue weighted by molar-refractivity contribution is -0.127. The molecule has 0 saturated carbocycles. The number of imide groups is 2. The van der Waals surface area contributed by atoms with E-state index >= 15 is 0 Å². The van der Waals surface area contributed by atoms with Gasteiger partial charge in [0.15, 0.2) is 0 Å². The average molecular weight is 823 g/mol. The molecular formula is C47H46N6O4S2. The monoisotopic (exact) mass is 822 g/mol. The summed E-state index contributed by atoms with van der Waals surface area (Å²) < 4.78 is 4.51. The van der Waals surface area contributed by atoms with Crippen LogP contribution < -0.4 is 10.6 Å². The minimum Gasteiger partial charge on any atom is -0.361 e. The molecule has 10 nitrogen and oxygen atoms in total. The standard InChI is InChI=1S/2C23H19N3O2.CH4.2H2S/c2*27-22-19(16-11-24-18-9-2-1-7-14(16)18)20(23(28)25-22)17-12-26-10-4-6-13-5-3-8-15(17)21(13)26;;;/h2*1-3,5,7-9,11-12,19-20,24H,4,6,10H2,(H,25,27,28);1H4;2*1H2/t2*19-,20-;;;/m10.../s1. The summed E-state index contributed by atoms with van der Waals surface area (Å²) >= 11 is 0. The summed E-state index contributed by atoms with van der Waals surface area (Å²) in [5, 5.41) is 9.36. The van der Waals surface area contributed by atoms with E-state index in [1.807, 2.05) is 60.9 Å². The van der Waals surface area contributed by atoms with E-state index in [-0.39, 0.29) is 58.0 Å². The lowest BCUT2D eigenvalue weighted by Gasteiger charge is -2.15. The van der Waals surface area contributed by atoms with E-state index in [0.29, 0.717) is 0 Å². The van der Waals surface area contributed by atoms with Crippen molar-refractivity contribution in [2.24, 2.45) is 0 Å². The van der Waals surface area contributed by atoms with Gasteiger partial charge in [0, 0.05) is 70.5 Å². The summed E-state index contributed by atoms with van der Waals surface area (Å²) in [7, 11) is 0. The summed E-state index contributed by atoms with van der Waals surface area (Å²) in [4.78, 5) is 58.0. The highest BCUT2D eigenvalue weighted by Gasteiger charge is 2.47. The summed E-state index contributed by atoms with van der Waals surface area (Å²) in [6.07, 6.45) is 12.3. The van der Waals surface area contributed by atoms with Gasteiger partial charge in [0.1, 0.15) is 0 Å². The van der Waals surface area contributed by atoms with Crippen LogP contribution in [-0.4, -0.2) is 42.7 Å². The largest absolute Gasteiger partial charge is 0.361 e. The molecule has 0 radical (unpaired) electrons. The molecule has 8 heterocycles. The Labute approximate surface area is 354 Å². The molecule has 4 aliphatic heterocycles. The maximum atomic E-state index is 12.9. The van der Waals surface area contributed by atoms with Gasteiger partial charge < -0.3 is 19.1 Å². The Morgan fingerprint density at radius 2 is 0.831 bits per heavy atom. The van der Waals surface area contributed by atoms with Crippen molar-refractivity contribution >= 4 is 94.2 Å². The van der Waals surface area contributed by atoms with Crippen LogP contribution in [0.5, 0.6) is 0 Å². The van der Waals surface area contributed by atoms with Crippen molar-refractivity contribution in [1.29, 1.82) is 0 Å². The molecule has 2 fully saturated rings. The Morgan fingerprint density at radius 1 is 0.458 bits per heavy atom. The highest BCUT2D eigenvalue weighted by atomic mass is 32.1. The van der Waals surface area contributed by atoms with Crippen molar-refractivity contribution in [3.8, 4) is 0 Å². The van der Waals surface area contributed by atoms with Gasteiger partial charge in [0.2, 0.25) is 23.6 Å². The van der Waals surface area contributed by atoms with Crippen LogP contribution in [0.2, 0.25) is 0 Å². The number of carbonyl (C=O) groups excluding carboxylic acids is 4. The molecule has 0 bridgehead atoms. The van der Waals surface area contributed by atoms with E-state index < -0.39 is 23.7 Å². The zero-order valence-electron chi connectivity index (χ0n) is 31.5. The van der Waals surface area contributed by atoms with E-state index in [1.165, 1.54) is 22.2 Å². The van der Waals surface area contributed by atoms with Crippen LogP contribution in [0, 0.1) is 0 Å². The molecule has 59 heavy (non-hydrogen) atoms. The van der Waals surface area contributed by atoms with Gasteiger partial charge in [-0.25, -0.2) is 0 Å². The molecule has 12 rings (SSSR count). The third-order valence-electron chi connectivity index (χ3n) is 12.6. The summed E-state index contributed by atoms with van der Waals surface area (Å²) in [6.45, 7) is 1.90. The lowest BCUT2D eigenvalue weighted by atomic mass is 9.83. The number of nitrogens with zero attached hydrogens (tertiary/aromatic N) is 2. The number of hydrogen-bond acceptors (Lipinski definition) is 4. The van der Waals surface area contributed by atoms with Crippen molar-refractivity contribution in [3.63, 3.8) is 0 Å². The fraction of sp³-hybridized carbons (Fsp3) is 0.234. The maximum Gasteiger partial charge on any atom is 0.235 e. The predicted molar refractivity (Wildman–Crippen MR) is 242 cm³/mol. The number of carbonyl (C=O) groups is 4. The molecule has 2 saturated heterocycles. The van der Waals surface area contributed by atoms with Gasteiger partial charge in [0.05, 0.1) is 34.7 Å². The number of aryl methyl sites for hydroxylation is 4. The smallest absolute Gasteiger partial charge is 0.235 e. The second-order valence-electron chi connectivity index (χ2n) is 15.6. The van der Waals surface area contributed by atoms with E-state index in [0.717, 1.165) is 93.6 Å². The molecule has 4 amide bonds. The Balaban J connectivity index is 0.000000156. The first-order chi connectivity index (χ1) is 27.4. The number of hydrogen-bond donors (Lipinski definition) is 4. The van der Waals surface area contributed by atoms with Gasteiger partial charge in [0.25, 0.3) is 0 Å². The molecule has 4 aliphatic rings. The minimum absolute atomic E-state index is 0. The van der Waals surface area contributed by atoms with Gasteiger partial charge >= 0.3 is 0 Å². The second kappa shape index (κ2) is 15.3. The maximum absolute atomic E-state index is 12.9. The molecule has 0 aliphatic carbocycles. The first kappa shape index (κ1) is 39.8. The first-order valence-corrected chi connectivity index (χ1v) is 19.5. The van der Waals surface area contributed by atoms with Crippen LogP contribution in [-0.2, 0) is 45.1 Å². The SMILES string of the molecule is C.O=C1NC(=O)[C@@H](c2cn3c4c(cccc24)CCC3)[C@@H]1c1c[nH]c2ccccc12.O=C1NC(=O)[C@H](c2cn3c4c(cccc24)CCC3)[C@H]1c1c[nH]c2ccccc12.S.S. The molecule has 4 N–H and O–H groups in total. The topological polar surface area (TPSA) is 134 Å². The summed E-state index contributed by atoms with van der Waals surface area (Å²) in [6, 6.07) is 28.5. The molecule has 8 aromatic rings. The van der Waals surface area contributed by atoms with Crippen LogP contribution in [0.15, 0.2) is 110 Å². The van der Waals surface area contributed by atoms with Crippen LogP contribution in [0.4, 0.5) is 0 Å². The van der Waals surface area contributed by atoms with Crippen molar-refractivity contribution in [2.75, 3.05) is 0 Å². The third-order valence-corrected chi connectivity index (χ3v) is 12.6. The van der Waals surface area contributed by atoms with Gasteiger partial charge in [-0.15, -0.1) is 0 Å². The zero-order chi connectivity index (χ0) is 37.7. The van der Waals surface area contributed by atoms with E-state index in [9.17, 15) is 19.2 Å². The molecule has 4 aromatic carbocycles. The van der Waals surface area contributed by atoms with E-state index in [1.54, 1.807) is 0 Å². The molecule has 12 heteroatoms. The van der Waals surface area contributed by atoms with Gasteiger partial charge in [-0.3, -0.25) is 29.8 Å². The number of rotatable bonds is 4. The van der Waals surface area contributed by atoms with E-state index in [4.69, 9.17) is 0 Å². The lowest BCUT2D eigenvalue weighted by Crippen LogP contribution is -2.21. The molecule has 4 aromatic heterocycles. The Hall–Kier alpha value is -5.98. The molecular weight excluding hydrogens is 777 g/mol. The fourth-order valence-corrected chi connectivity index (χ4v) is 10.2. The summed E-state index contributed by atoms with van der Waals surface area (Å²) in [5.41, 5.74) is 10.7. The van der Waals surface area contributed by atoms with Crippen LogP contribution in [0.25, 0.3) is 43.6 Å². The van der Waals surface area contributed by atoms with Crippen LogP contribution in [0.3, 0.4) is 0 Å². The van der Waals surface area contributed by atoms with Gasteiger partial charge in [-0.2, -0.15) is 27.0 Å². The highest BCUT2D eigenvalue weighted by Crippen LogP contribution is 2.46. The normalized spacial score (nSPS) is 20.5. The number of aromatic nitrogens is 4. The van der Waals surface area contributed by atoms with Gasteiger partial charge in [-0.1, -0.05) is 80.2 Å². The Kier molecular flexibility index (Phi) is 10.3. The molecule has 4 atom stereocenters. The highest BCUT2D eigenvalue weighted by molar-refractivity contribution is 7.59. The van der Waals surface area contributed by atoms with Crippen LogP contribution >= 0.6 is 27.0 Å². The molecule has 0 spiro atoms. The summed E-state index contributed by atoms with van der Waals surface area (Å²) in [5.74, 6) is -2.90. The van der Waals surface area contributed by atoms with Crippen molar-refractivity contribution < 1.29 is 19.2 Å². The second-order valence-corrected chi connectivity index (χ2v) is 15.6. The molecule has 300 valence electrons. The number of aromatic amines is 2. The predicted octanol–water partition coefficient (Wildman–Crippen LogP) is 8.05. The third kappa shape index (κ3) is 6.10. The average Bonchev–Trinajstić information content (AvgIpc) is 4.07. The number of fused-ring (bicyclic) bond motifs is 2. The number of para-hydroxylation sites is 4. The van der Waals surface area contributed by atoms with E-state index in [2.05, 4.69) is 78.5 Å². The zero-order valence-corrected chi connectivity index (χ0v) is 33.5. The fourth-order valence-electron chi connectivity index (χ4n) is 10.2. The van der Waals surface area contributed by atoms with Crippen molar-refractivity contribution in [3.05, 3.63) is 143 Å². The Morgan fingerprint density at radius 3 is 1.25 bits per heavy atom. The van der Waals surface area contributed by atoms with Gasteiger partial charge in [-0.05, 0) is 71.2 Å². The van der Waals surface area contributed by atoms with Crippen molar-refractivity contribution in [1.82, 2.24) is 29.7 Å². The number of H-pyrrole nitrogens is 2. The molecule has 0 unspecified atom stereocenters. The number of amides is 4. The van der Waals surface area contributed by atoms with Crippen molar-refractivity contribution in [2.45, 2.75) is 69.9 Å². The first-order valence-electron chi connectivity index (χ1n) is 19.5. The quantitative estimate of drug-likeness (QED) is 0.134. The van der Waals surface area contributed by atoms with Crippen LogP contribution in [0.1, 0.15) is 77.3 Å². The minimum atomic E-state index is -0.521. The Bertz CT molecular complexity index is 2770. The number of benzene rings is 4.